The number of benzene rings is 1. The lowest BCUT2D eigenvalue weighted by Gasteiger charge is -2.34. The van der Waals surface area contributed by atoms with Gasteiger partial charge in [0, 0.05) is 18.7 Å². The van der Waals surface area contributed by atoms with E-state index in [0.717, 1.165) is 18.7 Å². The first-order valence-corrected chi connectivity index (χ1v) is 8.18. The van der Waals surface area contributed by atoms with Crippen molar-refractivity contribution in [3.63, 3.8) is 0 Å². The van der Waals surface area contributed by atoms with Crippen LogP contribution in [0.3, 0.4) is 0 Å². The molecule has 0 radical (unpaired) electrons. The maximum absolute atomic E-state index is 12.2. The molecule has 0 saturated carbocycles. The minimum Gasteiger partial charge on any atom is -0.493 e. The third-order valence-electron chi connectivity index (χ3n) is 4.09. The number of rotatable bonds is 6. The summed E-state index contributed by atoms with van der Waals surface area (Å²) in [5.41, 5.74) is 0.806. The lowest BCUT2D eigenvalue weighted by molar-refractivity contribution is -0.138. The van der Waals surface area contributed by atoms with Gasteiger partial charge in [0.25, 0.3) is 5.91 Å². The van der Waals surface area contributed by atoms with Crippen LogP contribution in [0.2, 0.25) is 0 Å². The van der Waals surface area contributed by atoms with Crippen LogP contribution in [-0.4, -0.2) is 50.9 Å². The molecule has 6 nitrogen and oxygen atoms in total. The van der Waals surface area contributed by atoms with Crippen molar-refractivity contribution in [3.8, 4) is 11.5 Å². The average molecular weight is 334 g/mol. The predicted molar refractivity (Wildman–Crippen MR) is 92.6 cm³/mol. The second kappa shape index (κ2) is 8.57. The third kappa shape index (κ3) is 4.88. The van der Waals surface area contributed by atoms with Crippen molar-refractivity contribution in [1.82, 2.24) is 4.90 Å². The molecular weight excluding hydrogens is 308 g/mol. The molecule has 0 aliphatic carbocycles. The zero-order valence-corrected chi connectivity index (χ0v) is 14.8. The highest BCUT2D eigenvalue weighted by Crippen LogP contribution is 2.26. The first kappa shape index (κ1) is 18.1. The summed E-state index contributed by atoms with van der Waals surface area (Å²) in [7, 11) is 3.16. The van der Waals surface area contributed by atoms with Gasteiger partial charge in [0.15, 0.2) is 18.1 Å². The molecule has 0 N–H and O–H groups in total. The van der Waals surface area contributed by atoms with Crippen LogP contribution < -0.4 is 9.47 Å². The summed E-state index contributed by atoms with van der Waals surface area (Å²) in [5, 5.41) is 3.88. The van der Waals surface area contributed by atoms with E-state index in [1.165, 1.54) is 6.42 Å². The number of oxime groups is 1. The van der Waals surface area contributed by atoms with Crippen LogP contribution in [0.1, 0.15) is 25.8 Å². The summed E-state index contributed by atoms with van der Waals surface area (Å²) in [6, 6.07) is 5.42. The molecule has 6 heteroatoms. The van der Waals surface area contributed by atoms with Crippen molar-refractivity contribution in [3.05, 3.63) is 23.8 Å². The highest BCUT2D eigenvalue weighted by molar-refractivity contribution is 5.81. The van der Waals surface area contributed by atoms with E-state index in [9.17, 15) is 4.79 Å². The lowest BCUT2D eigenvalue weighted by atomic mass is 9.92. The number of carbonyl (C=O) groups excluding carboxylic acids is 1. The van der Waals surface area contributed by atoms with E-state index in [4.69, 9.17) is 14.3 Å². The summed E-state index contributed by atoms with van der Waals surface area (Å²) in [6.45, 7) is 5.90. The third-order valence-corrected chi connectivity index (χ3v) is 4.09. The number of methoxy groups -OCH3 is 2. The molecule has 2 unspecified atom stereocenters. The Balaban J connectivity index is 1.85. The topological polar surface area (TPSA) is 60.4 Å². The van der Waals surface area contributed by atoms with Crippen molar-refractivity contribution in [2.24, 2.45) is 17.0 Å². The highest BCUT2D eigenvalue weighted by Gasteiger charge is 2.25. The highest BCUT2D eigenvalue weighted by atomic mass is 16.6. The SMILES string of the molecule is COc1ccc(/C=N/OCC(=O)N2CC(C)CC(C)C2)cc1OC. The molecule has 1 heterocycles. The van der Waals surface area contributed by atoms with Gasteiger partial charge in [-0.1, -0.05) is 19.0 Å². The van der Waals surface area contributed by atoms with Gasteiger partial charge in [-0.05, 0) is 36.5 Å². The molecule has 1 aromatic carbocycles. The molecule has 2 atom stereocenters. The molecule has 0 spiro atoms. The molecule has 1 fully saturated rings. The molecule has 0 bridgehead atoms. The van der Waals surface area contributed by atoms with Gasteiger partial charge in [-0.2, -0.15) is 0 Å². The summed E-state index contributed by atoms with van der Waals surface area (Å²) >= 11 is 0. The number of carbonyl (C=O) groups is 1. The number of ether oxygens (including phenoxy) is 2. The Morgan fingerprint density at radius 1 is 1.21 bits per heavy atom. The number of amides is 1. The maximum Gasteiger partial charge on any atom is 0.263 e. The maximum atomic E-state index is 12.2. The van der Waals surface area contributed by atoms with Crippen molar-refractivity contribution >= 4 is 12.1 Å². The average Bonchev–Trinajstić information content (AvgIpc) is 2.57. The van der Waals surface area contributed by atoms with Crippen LogP contribution >= 0.6 is 0 Å². The summed E-state index contributed by atoms with van der Waals surface area (Å²) < 4.78 is 10.4. The summed E-state index contributed by atoms with van der Waals surface area (Å²) in [5.74, 6) is 2.33. The first-order chi connectivity index (χ1) is 11.5. The zero-order valence-electron chi connectivity index (χ0n) is 14.8. The fourth-order valence-electron chi connectivity index (χ4n) is 3.08. The molecule has 2 rings (SSSR count). The largest absolute Gasteiger partial charge is 0.493 e. The number of piperidine rings is 1. The molecule has 132 valence electrons. The van der Waals surface area contributed by atoms with E-state index in [2.05, 4.69) is 19.0 Å². The van der Waals surface area contributed by atoms with Crippen LogP contribution in [0.25, 0.3) is 0 Å². The molecule has 0 aromatic heterocycles. The van der Waals surface area contributed by atoms with Crippen LogP contribution in [0.4, 0.5) is 0 Å². The molecule has 24 heavy (non-hydrogen) atoms. The van der Waals surface area contributed by atoms with Crippen molar-refractivity contribution in [2.45, 2.75) is 20.3 Å². The Hall–Kier alpha value is -2.24. The standard InChI is InChI=1S/C18H26N2O4/c1-13-7-14(2)11-20(10-13)18(21)12-24-19-9-15-5-6-16(22-3)17(8-15)23-4/h5-6,8-9,13-14H,7,10-12H2,1-4H3/b19-9+. The van der Waals surface area contributed by atoms with Crippen molar-refractivity contribution in [2.75, 3.05) is 33.9 Å². The Labute approximate surface area is 143 Å². The lowest BCUT2D eigenvalue weighted by Crippen LogP contribution is -2.44. The molecule has 1 aromatic rings. The molecule has 1 saturated heterocycles. The fourth-order valence-corrected chi connectivity index (χ4v) is 3.08. The zero-order chi connectivity index (χ0) is 17.5. The fraction of sp³-hybridized carbons (Fsp3) is 0.556. The van der Waals surface area contributed by atoms with Crippen LogP contribution in [-0.2, 0) is 9.63 Å². The molecular formula is C18H26N2O4. The predicted octanol–water partition coefficient (Wildman–Crippen LogP) is 2.56. The second-order valence-electron chi connectivity index (χ2n) is 6.37. The molecule has 1 amide bonds. The van der Waals surface area contributed by atoms with Gasteiger partial charge in [-0.25, -0.2) is 0 Å². The van der Waals surface area contributed by atoms with Crippen LogP contribution in [0, 0.1) is 11.8 Å². The quantitative estimate of drug-likeness (QED) is 0.592. The van der Waals surface area contributed by atoms with Crippen molar-refractivity contribution < 1.29 is 19.1 Å². The van der Waals surface area contributed by atoms with Gasteiger partial charge in [0.05, 0.1) is 20.4 Å². The summed E-state index contributed by atoms with van der Waals surface area (Å²) in [6.07, 6.45) is 2.72. The van der Waals surface area contributed by atoms with Crippen LogP contribution in [0.15, 0.2) is 23.4 Å². The smallest absolute Gasteiger partial charge is 0.263 e. The van der Waals surface area contributed by atoms with Crippen molar-refractivity contribution in [1.29, 1.82) is 0 Å². The molecule has 1 aliphatic heterocycles. The van der Waals surface area contributed by atoms with E-state index in [1.807, 2.05) is 11.0 Å². The van der Waals surface area contributed by atoms with E-state index < -0.39 is 0 Å². The van der Waals surface area contributed by atoms with E-state index in [0.29, 0.717) is 23.3 Å². The Morgan fingerprint density at radius 3 is 2.50 bits per heavy atom. The number of likely N-dealkylation sites (tertiary alicyclic amines) is 1. The van der Waals surface area contributed by atoms with E-state index in [1.54, 1.807) is 32.6 Å². The Bertz CT molecular complexity index is 578. The van der Waals surface area contributed by atoms with Gasteiger partial charge >= 0.3 is 0 Å². The second-order valence-corrected chi connectivity index (χ2v) is 6.37. The van der Waals surface area contributed by atoms with Gasteiger partial charge in [0.1, 0.15) is 0 Å². The Kier molecular flexibility index (Phi) is 6.46. The van der Waals surface area contributed by atoms with Gasteiger partial charge < -0.3 is 19.2 Å². The minimum atomic E-state index is -0.0385. The molecule has 1 aliphatic rings. The van der Waals surface area contributed by atoms with Gasteiger partial charge in [-0.15, -0.1) is 0 Å². The number of hydrogen-bond acceptors (Lipinski definition) is 5. The number of nitrogens with zero attached hydrogens (tertiary/aromatic N) is 2. The van der Waals surface area contributed by atoms with Crippen LogP contribution in [0.5, 0.6) is 11.5 Å². The van der Waals surface area contributed by atoms with E-state index in [-0.39, 0.29) is 12.5 Å². The van der Waals surface area contributed by atoms with Gasteiger partial charge in [0.2, 0.25) is 0 Å². The minimum absolute atomic E-state index is 0.0159. The Morgan fingerprint density at radius 2 is 1.88 bits per heavy atom. The normalized spacial score (nSPS) is 20.9. The van der Waals surface area contributed by atoms with E-state index >= 15 is 0 Å². The first-order valence-electron chi connectivity index (χ1n) is 8.18. The van der Waals surface area contributed by atoms with Gasteiger partial charge in [-0.3, -0.25) is 4.79 Å². The monoisotopic (exact) mass is 334 g/mol. The number of hydrogen-bond donors (Lipinski definition) is 0. The summed E-state index contributed by atoms with van der Waals surface area (Å²) in [4.78, 5) is 19.2.